The van der Waals surface area contributed by atoms with Crippen LogP contribution < -0.4 is 22.7 Å². The molecule has 0 amide bonds. The van der Waals surface area contributed by atoms with Crippen molar-refractivity contribution < 1.29 is 21.5 Å². The summed E-state index contributed by atoms with van der Waals surface area (Å²) in [4.78, 5) is 0. The first kappa shape index (κ1) is 16.8. The van der Waals surface area contributed by atoms with Crippen molar-refractivity contribution in [3.05, 3.63) is 0 Å². The Morgan fingerprint density at radius 3 is 2.12 bits per heavy atom. The lowest BCUT2D eigenvalue weighted by Gasteiger charge is -2.34. The number of rotatable bonds is 8. The highest BCUT2D eigenvalue weighted by Gasteiger charge is 2.30. The molecule has 1 aliphatic heterocycles. The van der Waals surface area contributed by atoms with E-state index < -0.39 is 0 Å². The fraction of sp³-hybridized carbons (Fsp3) is 1.00. The fourth-order valence-corrected chi connectivity index (χ4v) is 3.15. The lowest BCUT2D eigenvalue weighted by Crippen LogP contribution is -3.00. The van der Waals surface area contributed by atoms with Gasteiger partial charge in [-0.25, -0.2) is 0 Å². The van der Waals surface area contributed by atoms with Gasteiger partial charge >= 0.3 is 0 Å². The van der Waals surface area contributed by atoms with Crippen molar-refractivity contribution in [2.75, 3.05) is 38.5 Å². The largest absolute Gasteiger partial charge is 1.00 e. The third kappa shape index (κ3) is 5.89. The first-order chi connectivity index (χ1) is 7.33. The van der Waals surface area contributed by atoms with Gasteiger partial charge in [0.05, 0.1) is 26.2 Å². The molecule has 0 atom stereocenters. The van der Waals surface area contributed by atoms with E-state index in [1.54, 1.807) is 0 Å². The van der Waals surface area contributed by atoms with Crippen molar-refractivity contribution in [1.82, 2.24) is 0 Å². The number of hydrogen-bond donors (Lipinski definition) is 2. The molecule has 2 N–H and O–H groups in total. The van der Waals surface area contributed by atoms with E-state index in [1.807, 2.05) is 0 Å². The molecule has 0 bridgehead atoms. The Bertz CT molecular complexity index is 161. The van der Waals surface area contributed by atoms with Crippen LogP contribution in [0.1, 0.15) is 38.5 Å². The molecule has 0 radical (unpaired) electrons. The number of halogens is 1. The van der Waals surface area contributed by atoms with Crippen molar-refractivity contribution in [3.63, 3.8) is 0 Å². The zero-order chi connectivity index (χ0) is 11.0. The van der Waals surface area contributed by atoms with E-state index in [2.05, 4.69) is 12.6 Å². The van der Waals surface area contributed by atoms with Crippen molar-refractivity contribution in [3.8, 4) is 0 Å². The van der Waals surface area contributed by atoms with E-state index >= 15 is 0 Å². The quantitative estimate of drug-likeness (QED) is 0.337. The number of nitrogens with zero attached hydrogens (tertiary/aromatic N) is 1. The first-order valence-electron chi connectivity index (χ1n) is 6.49. The summed E-state index contributed by atoms with van der Waals surface area (Å²) < 4.78 is 1.35. The SMILES string of the molecule is NCCCCCC[N+]1(CCS)CCCC1.[Br-]. The summed E-state index contributed by atoms with van der Waals surface area (Å²) in [6.07, 6.45) is 8.12. The summed E-state index contributed by atoms with van der Waals surface area (Å²) in [6, 6.07) is 0. The number of unbranched alkanes of at least 4 members (excludes halogenated alkanes) is 3. The van der Waals surface area contributed by atoms with Crippen molar-refractivity contribution in [2.45, 2.75) is 38.5 Å². The van der Waals surface area contributed by atoms with Crippen LogP contribution in [0.3, 0.4) is 0 Å². The van der Waals surface area contributed by atoms with E-state index in [1.165, 1.54) is 69.2 Å². The number of quaternary nitrogens is 1. The molecule has 1 fully saturated rings. The van der Waals surface area contributed by atoms with Crippen LogP contribution in [0.4, 0.5) is 0 Å². The highest BCUT2D eigenvalue weighted by atomic mass is 79.9. The minimum Gasteiger partial charge on any atom is -1.00 e. The monoisotopic (exact) mass is 310 g/mol. The predicted octanol–water partition coefficient (Wildman–Crippen LogP) is -0.950. The maximum absolute atomic E-state index is 5.49. The minimum atomic E-state index is 0. The molecular formula is C12H27BrN2S. The van der Waals surface area contributed by atoms with Crippen molar-refractivity contribution in [2.24, 2.45) is 5.73 Å². The molecule has 0 saturated carbocycles. The molecule has 0 unspecified atom stereocenters. The van der Waals surface area contributed by atoms with Crippen LogP contribution in [0.5, 0.6) is 0 Å². The maximum Gasteiger partial charge on any atom is 0.0876 e. The Morgan fingerprint density at radius 2 is 1.56 bits per heavy atom. The molecule has 98 valence electrons. The second-order valence-corrected chi connectivity index (χ2v) is 5.32. The van der Waals surface area contributed by atoms with E-state index in [4.69, 9.17) is 5.73 Å². The molecule has 4 heteroatoms. The highest BCUT2D eigenvalue weighted by Crippen LogP contribution is 2.20. The third-order valence-corrected chi connectivity index (χ3v) is 3.88. The smallest absolute Gasteiger partial charge is 0.0876 e. The molecular weight excluding hydrogens is 284 g/mol. The zero-order valence-corrected chi connectivity index (χ0v) is 12.8. The first-order valence-corrected chi connectivity index (χ1v) is 7.12. The van der Waals surface area contributed by atoms with Crippen molar-refractivity contribution >= 4 is 12.6 Å². The van der Waals surface area contributed by atoms with Gasteiger partial charge in [-0.3, -0.25) is 0 Å². The van der Waals surface area contributed by atoms with Crippen LogP contribution in [-0.2, 0) is 0 Å². The number of likely N-dealkylation sites (tertiary alicyclic amines) is 1. The van der Waals surface area contributed by atoms with E-state index in [-0.39, 0.29) is 17.0 Å². The third-order valence-electron chi connectivity index (χ3n) is 3.68. The Balaban J connectivity index is 0.00000225. The van der Waals surface area contributed by atoms with E-state index in [9.17, 15) is 0 Å². The van der Waals surface area contributed by atoms with Crippen LogP contribution in [0, 0.1) is 0 Å². The molecule has 0 spiro atoms. The Hall–Kier alpha value is 0.750. The minimum absolute atomic E-state index is 0. The van der Waals surface area contributed by atoms with Gasteiger partial charge in [-0.1, -0.05) is 6.42 Å². The van der Waals surface area contributed by atoms with E-state index in [0.29, 0.717) is 0 Å². The second kappa shape index (κ2) is 9.75. The number of thiol groups is 1. The van der Waals surface area contributed by atoms with Crippen molar-refractivity contribution in [1.29, 1.82) is 0 Å². The molecule has 1 saturated heterocycles. The van der Waals surface area contributed by atoms with Gasteiger partial charge in [0.15, 0.2) is 0 Å². The molecule has 0 aromatic rings. The Labute approximate surface area is 117 Å². The standard InChI is InChI=1S/C12H26N2S.BrH/c13-7-3-1-2-4-8-14(11-12-15)9-5-6-10-14;/h1-13H2;1H. The van der Waals surface area contributed by atoms with Gasteiger partial charge in [-0.05, 0) is 25.8 Å². The molecule has 0 aromatic heterocycles. The Kier molecular flexibility index (Phi) is 10.2. The second-order valence-electron chi connectivity index (χ2n) is 4.87. The topological polar surface area (TPSA) is 26.0 Å². The van der Waals surface area contributed by atoms with Gasteiger partial charge < -0.3 is 27.2 Å². The number of nitrogens with two attached hydrogens (primary N) is 1. The summed E-state index contributed by atoms with van der Waals surface area (Å²) >= 11 is 4.40. The summed E-state index contributed by atoms with van der Waals surface area (Å²) in [5.41, 5.74) is 5.49. The van der Waals surface area contributed by atoms with Crippen LogP contribution in [0.25, 0.3) is 0 Å². The molecule has 1 rings (SSSR count). The van der Waals surface area contributed by atoms with Gasteiger partial charge in [-0.15, -0.1) is 0 Å². The average Bonchev–Trinajstić information content (AvgIpc) is 2.67. The molecule has 2 nitrogen and oxygen atoms in total. The molecule has 1 heterocycles. The fourth-order valence-electron chi connectivity index (χ4n) is 2.72. The molecule has 16 heavy (non-hydrogen) atoms. The van der Waals surface area contributed by atoms with Crippen LogP contribution in [0.15, 0.2) is 0 Å². The summed E-state index contributed by atoms with van der Waals surface area (Å²) in [6.45, 7) is 6.32. The van der Waals surface area contributed by atoms with Crippen LogP contribution >= 0.6 is 12.6 Å². The molecule has 1 aliphatic rings. The summed E-state index contributed by atoms with van der Waals surface area (Å²) in [5, 5.41) is 0. The summed E-state index contributed by atoms with van der Waals surface area (Å²) in [5.74, 6) is 1.04. The predicted molar refractivity (Wildman–Crippen MR) is 70.3 cm³/mol. The molecule has 0 aromatic carbocycles. The van der Waals surface area contributed by atoms with Crippen LogP contribution in [-0.4, -0.2) is 43.0 Å². The highest BCUT2D eigenvalue weighted by molar-refractivity contribution is 7.80. The van der Waals surface area contributed by atoms with Gasteiger partial charge in [0.1, 0.15) is 0 Å². The normalized spacial score (nSPS) is 18.4. The Morgan fingerprint density at radius 1 is 0.938 bits per heavy atom. The lowest BCUT2D eigenvalue weighted by atomic mass is 10.1. The average molecular weight is 311 g/mol. The van der Waals surface area contributed by atoms with Gasteiger partial charge in [0.25, 0.3) is 0 Å². The molecule has 0 aliphatic carbocycles. The van der Waals surface area contributed by atoms with E-state index in [0.717, 1.165) is 12.3 Å². The zero-order valence-electron chi connectivity index (χ0n) is 10.3. The van der Waals surface area contributed by atoms with Gasteiger partial charge in [0, 0.05) is 18.6 Å². The summed E-state index contributed by atoms with van der Waals surface area (Å²) in [7, 11) is 0. The van der Waals surface area contributed by atoms with Gasteiger partial charge in [-0.2, -0.15) is 12.6 Å². The van der Waals surface area contributed by atoms with Crippen LogP contribution in [0.2, 0.25) is 0 Å². The van der Waals surface area contributed by atoms with Gasteiger partial charge in [0.2, 0.25) is 0 Å². The maximum atomic E-state index is 5.49. The number of hydrogen-bond acceptors (Lipinski definition) is 2. The lowest BCUT2D eigenvalue weighted by molar-refractivity contribution is -0.914.